The molecule has 1 saturated heterocycles. The molecule has 2 aliphatic heterocycles. The number of carboxylic acids is 1. The van der Waals surface area contributed by atoms with E-state index in [1.165, 1.54) is 13.2 Å². The van der Waals surface area contributed by atoms with Crippen LogP contribution in [0.15, 0.2) is 12.1 Å². The number of fused-ring (bicyclic) bond motifs is 1. The number of nitrogens with zero attached hydrogens (tertiary/aromatic N) is 1. The topological polar surface area (TPSA) is 129 Å². The summed E-state index contributed by atoms with van der Waals surface area (Å²) < 4.78 is 15.3. The van der Waals surface area contributed by atoms with Gasteiger partial charge in [0.2, 0.25) is 5.91 Å². The zero-order valence-electron chi connectivity index (χ0n) is 16.9. The number of hydrogen-bond acceptors (Lipinski definition) is 9. The van der Waals surface area contributed by atoms with Crippen LogP contribution in [-0.2, 0) is 16.0 Å². The Labute approximate surface area is 217 Å². The molecule has 0 saturated carbocycles. The van der Waals surface area contributed by atoms with Crippen molar-refractivity contribution < 1.29 is 98.0 Å². The number of methoxy groups -OCH3 is 2. The van der Waals surface area contributed by atoms with Crippen molar-refractivity contribution in [1.82, 2.24) is 4.90 Å². The first-order valence-corrected chi connectivity index (χ1v) is 9.43. The SMILES string of the molecule is COc1ccc2c(c1C(=O)[O-])O[B-](O)(O)[C@@H](SCC(=O)N1CC(OC)C1)C2.[Na+].[Na+]. The summed E-state index contributed by atoms with van der Waals surface area (Å²) in [6, 6.07) is 3.06. The summed E-state index contributed by atoms with van der Waals surface area (Å²) >= 11 is 1.06. The van der Waals surface area contributed by atoms with E-state index in [4.69, 9.17) is 14.1 Å². The average molecular weight is 443 g/mol. The number of rotatable bonds is 6. The van der Waals surface area contributed by atoms with Gasteiger partial charge in [-0.2, -0.15) is 11.8 Å². The second-order valence-corrected chi connectivity index (χ2v) is 7.73. The molecule has 3 rings (SSSR count). The Hall–Kier alpha value is 0.0549. The van der Waals surface area contributed by atoms with Crippen LogP contribution in [0, 0.1) is 0 Å². The molecule has 1 fully saturated rings. The van der Waals surface area contributed by atoms with E-state index in [0.29, 0.717) is 18.7 Å². The average Bonchev–Trinajstić information content (AvgIpc) is 2.57. The van der Waals surface area contributed by atoms with Crippen molar-refractivity contribution in [3.8, 4) is 11.5 Å². The molecule has 1 atom stereocenters. The number of hydrogen-bond donors (Lipinski definition) is 2. The predicted molar refractivity (Wildman–Crippen MR) is 95.5 cm³/mol. The Bertz CT molecular complexity index is 763. The van der Waals surface area contributed by atoms with E-state index in [-0.39, 0.29) is 100 Å². The van der Waals surface area contributed by atoms with Crippen LogP contribution in [0.2, 0.25) is 0 Å². The third-order valence-corrected chi connectivity index (χ3v) is 6.14. The maximum Gasteiger partial charge on any atom is 1.00 e. The van der Waals surface area contributed by atoms with Crippen LogP contribution in [0.5, 0.6) is 11.5 Å². The molecular formula is C16H20BNNa2O8S. The van der Waals surface area contributed by atoms with Gasteiger partial charge in [-0.25, -0.2) is 0 Å². The smallest absolute Gasteiger partial charge is 0.669 e. The van der Waals surface area contributed by atoms with Gasteiger partial charge < -0.3 is 39.0 Å². The molecule has 0 aliphatic carbocycles. The van der Waals surface area contributed by atoms with E-state index in [0.717, 1.165) is 11.8 Å². The molecule has 2 aliphatic rings. The minimum absolute atomic E-state index is 0. The summed E-state index contributed by atoms with van der Waals surface area (Å²) in [6.45, 7) is -2.34. The zero-order valence-corrected chi connectivity index (χ0v) is 21.7. The van der Waals surface area contributed by atoms with Crippen molar-refractivity contribution in [2.24, 2.45) is 0 Å². The number of amides is 1. The molecule has 1 amide bonds. The predicted octanol–water partition coefficient (Wildman–Crippen LogP) is -7.58. The van der Waals surface area contributed by atoms with Crippen LogP contribution >= 0.6 is 11.8 Å². The fourth-order valence-corrected chi connectivity index (χ4v) is 4.27. The summed E-state index contributed by atoms with van der Waals surface area (Å²) in [4.78, 5) is 25.2. The Morgan fingerprint density at radius 2 is 1.97 bits per heavy atom. The van der Waals surface area contributed by atoms with E-state index in [9.17, 15) is 24.7 Å². The number of thioether (sulfide) groups is 1. The quantitative estimate of drug-likeness (QED) is 0.412. The zero-order chi connectivity index (χ0) is 19.8. The maximum atomic E-state index is 12.2. The number of ether oxygens (including phenoxy) is 2. The van der Waals surface area contributed by atoms with Crippen molar-refractivity contribution in [2.45, 2.75) is 17.7 Å². The van der Waals surface area contributed by atoms with Gasteiger partial charge in [0.15, 0.2) is 0 Å². The number of carbonyl (C=O) groups excluding carboxylic acids is 2. The van der Waals surface area contributed by atoms with Crippen LogP contribution in [0.4, 0.5) is 0 Å². The molecule has 148 valence electrons. The van der Waals surface area contributed by atoms with Gasteiger partial charge in [0.05, 0.1) is 36.2 Å². The number of aromatic carboxylic acids is 1. The molecule has 13 heteroatoms. The van der Waals surface area contributed by atoms with Gasteiger partial charge in [0.25, 0.3) is 0 Å². The van der Waals surface area contributed by atoms with E-state index >= 15 is 0 Å². The first-order chi connectivity index (χ1) is 12.8. The fourth-order valence-electron chi connectivity index (χ4n) is 3.13. The molecule has 2 heterocycles. The monoisotopic (exact) mass is 443 g/mol. The molecule has 29 heavy (non-hydrogen) atoms. The molecule has 0 bridgehead atoms. The van der Waals surface area contributed by atoms with Gasteiger partial charge >= 0.3 is 65.9 Å². The van der Waals surface area contributed by atoms with Crippen LogP contribution in [-0.4, -0.2) is 77.9 Å². The first kappa shape index (κ1) is 27.1. The van der Waals surface area contributed by atoms with Crippen LogP contribution in [0.1, 0.15) is 15.9 Å². The third-order valence-electron chi connectivity index (χ3n) is 4.78. The Balaban J connectivity index is 0.00000210. The summed E-state index contributed by atoms with van der Waals surface area (Å²) in [5.74, 6) is -1.79. The molecule has 1 aromatic rings. The summed E-state index contributed by atoms with van der Waals surface area (Å²) in [5.41, 5.74) is 0.110. The van der Waals surface area contributed by atoms with E-state index in [1.54, 1.807) is 18.1 Å². The summed E-state index contributed by atoms with van der Waals surface area (Å²) in [6.07, 6.45) is 0.173. The number of benzene rings is 1. The maximum absolute atomic E-state index is 12.2. The number of carbonyl (C=O) groups is 2. The van der Waals surface area contributed by atoms with Crippen molar-refractivity contribution in [3.63, 3.8) is 0 Å². The van der Waals surface area contributed by atoms with Gasteiger partial charge in [-0.05, 0) is 23.2 Å². The minimum Gasteiger partial charge on any atom is -0.669 e. The Morgan fingerprint density at radius 3 is 2.52 bits per heavy atom. The Morgan fingerprint density at radius 1 is 1.31 bits per heavy atom. The largest absolute Gasteiger partial charge is 1.00 e. The van der Waals surface area contributed by atoms with Crippen LogP contribution < -0.4 is 73.6 Å². The molecule has 0 spiro atoms. The normalized spacial score (nSPS) is 19.6. The van der Waals surface area contributed by atoms with Crippen molar-refractivity contribution in [1.29, 1.82) is 0 Å². The summed E-state index contributed by atoms with van der Waals surface area (Å²) in [7, 11) is 2.88. The van der Waals surface area contributed by atoms with Crippen molar-refractivity contribution >= 4 is 30.4 Å². The van der Waals surface area contributed by atoms with E-state index < -0.39 is 17.9 Å². The number of carboxylic acid groups (broad SMARTS) is 1. The second kappa shape index (κ2) is 11.1. The second-order valence-electron chi connectivity index (χ2n) is 6.51. The van der Waals surface area contributed by atoms with E-state index in [1.807, 2.05) is 0 Å². The van der Waals surface area contributed by atoms with E-state index in [2.05, 4.69) is 0 Å². The fraction of sp³-hybridized carbons (Fsp3) is 0.500. The number of likely N-dealkylation sites (tertiary alicyclic amines) is 1. The molecule has 0 unspecified atom stereocenters. The van der Waals surface area contributed by atoms with Gasteiger partial charge in [-0.15, -0.1) is 0 Å². The molecule has 9 nitrogen and oxygen atoms in total. The molecule has 2 N–H and O–H groups in total. The van der Waals surface area contributed by atoms with Gasteiger partial charge in [0.1, 0.15) is 5.75 Å². The first-order valence-electron chi connectivity index (χ1n) is 8.38. The van der Waals surface area contributed by atoms with Crippen molar-refractivity contribution in [2.75, 3.05) is 33.1 Å². The van der Waals surface area contributed by atoms with Crippen molar-refractivity contribution in [3.05, 3.63) is 23.3 Å². The molecule has 0 radical (unpaired) electrons. The van der Waals surface area contributed by atoms with Gasteiger partial charge in [-0.3, -0.25) is 4.79 Å². The summed E-state index contributed by atoms with van der Waals surface area (Å²) in [5, 5.41) is 31.3. The molecular weight excluding hydrogens is 423 g/mol. The standard InChI is InChI=1S/C16H21BNO8S.2Na/c1-24-10-6-18(7-10)13(19)8-27-12-5-9-3-4-11(25-2)14(16(20)21)15(9)26-17(12,22)23;;/h3-4,10,12,22-23H,5-8H2,1-2H3,(H,20,21);;/q-1;2*+1/p-1/t12-;;/m0../s1. The molecule has 0 aromatic heterocycles. The third kappa shape index (κ3) is 5.85. The van der Waals surface area contributed by atoms with Gasteiger partial charge in [-0.1, -0.05) is 6.07 Å². The van der Waals surface area contributed by atoms with Crippen LogP contribution in [0.3, 0.4) is 0 Å². The van der Waals surface area contributed by atoms with Crippen LogP contribution in [0.25, 0.3) is 0 Å². The minimum atomic E-state index is -3.38. The molecule has 1 aromatic carbocycles. The Kier molecular flexibility index (Phi) is 10.3. The van der Waals surface area contributed by atoms with Gasteiger partial charge in [0, 0.05) is 20.2 Å².